The van der Waals surface area contributed by atoms with Crippen molar-refractivity contribution in [1.29, 1.82) is 0 Å². The van der Waals surface area contributed by atoms with Crippen LogP contribution in [-0.4, -0.2) is 52.6 Å². The maximum Gasteiger partial charge on any atom is 0.241 e. The van der Waals surface area contributed by atoms with Crippen molar-refractivity contribution in [1.82, 2.24) is 14.9 Å². The van der Waals surface area contributed by atoms with E-state index in [0.717, 1.165) is 42.5 Å². The molecule has 0 atom stereocenters. The van der Waals surface area contributed by atoms with Crippen molar-refractivity contribution in [3.63, 3.8) is 0 Å². The van der Waals surface area contributed by atoms with Crippen LogP contribution >= 0.6 is 36.2 Å². The third-order valence-electron chi connectivity index (χ3n) is 3.21. The van der Waals surface area contributed by atoms with Gasteiger partial charge in [-0.15, -0.1) is 36.2 Å². The fourth-order valence-electron chi connectivity index (χ4n) is 2.22. The van der Waals surface area contributed by atoms with E-state index in [4.69, 9.17) is 0 Å². The van der Waals surface area contributed by atoms with Gasteiger partial charge < -0.3 is 5.32 Å². The Morgan fingerprint density at radius 3 is 2.43 bits per heavy atom. The molecule has 2 rings (SSSR count). The van der Waals surface area contributed by atoms with E-state index in [1.807, 2.05) is 13.8 Å². The molecular weight excluding hydrogens is 353 g/mol. The summed E-state index contributed by atoms with van der Waals surface area (Å²) in [4.78, 5) is 4.58. The largest absolute Gasteiger partial charge is 0.314 e. The van der Waals surface area contributed by atoms with Gasteiger partial charge in [0.05, 0.1) is 4.90 Å². The fraction of sp³-hybridized carbons (Fsp3) is 0.667. The first-order chi connectivity index (χ1) is 8.99. The average Bonchev–Trinajstić information content (AvgIpc) is 2.70. The van der Waals surface area contributed by atoms with Crippen LogP contribution in [0.3, 0.4) is 0 Å². The Morgan fingerprint density at radius 1 is 1.29 bits per heavy atom. The molecule has 0 aromatic carbocycles. The van der Waals surface area contributed by atoms with Gasteiger partial charge in [0.15, 0.2) is 0 Å². The molecule has 0 radical (unpaired) electrons. The van der Waals surface area contributed by atoms with E-state index in [2.05, 4.69) is 14.9 Å². The van der Waals surface area contributed by atoms with E-state index in [-0.39, 0.29) is 24.8 Å². The first-order valence-electron chi connectivity index (χ1n) is 6.49. The number of nitrogens with one attached hydrogen (secondary N) is 2. The molecule has 1 saturated heterocycles. The predicted molar refractivity (Wildman–Crippen MR) is 92.8 cm³/mol. The Labute approximate surface area is 143 Å². The lowest BCUT2D eigenvalue weighted by Gasteiger charge is -2.27. The number of halogens is 2. The van der Waals surface area contributed by atoms with Crippen LogP contribution in [0.15, 0.2) is 11.0 Å². The maximum absolute atomic E-state index is 12.2. The van der Waals surface area contributed by atoms with Crippen LogP contribution in [0.4, 0.5) is 0 Å². The second kappa shape index (κ2) is 9.29. The van der Waals surface area contributed by atoms with Crippen LogP contribution in [0, 0.1) is 13.8 Å². The number of hydrogen-bond acceptors (Lipinski definition) is 5. The van der Waals surface area contributed by atoms with Crippen LogP contribution in [0.2, 0.25) is 0 Å². The third-order valence-corrected chi connectivity index (χ3v) is 5.90. The molecule has 1 fully saturated rings. The monoisotopic (exact) mass is 375 g/mol. The molecule has 0 aliphatic carbocycles. The highest BCUT2D eigenvalue weighted by molar-refractivity contribution is 7.89. The summed E-state index contributed by atoms with van der Waals surface area (Å²) < 4.78 is 27.0. The highest BCUT2D eigenvalue weighted by Gasteiger charge is 2.19. The standard InChI is InChI=1S/C12H21N3O2S2.2ClH/c1-10-9-12(11(2)18-10)19(16,17)14-5-8-15-6-3-13-4-7-15;;/h9,13-14H,3-8H2,1-2H3;2*1H. The number of thiophene rings is 1. The zero-order chi connectivity index (χ0) is 13.9. The SMILES string of the molecule is Cc1cc(S(=O)(=O)NCCN2CCNCC2)c(C)s1.Cl.Cl. The average molecular weight is 376 g/mol. The number of piperazine rings is 1. The number of rotatable bonds is 5. The molecule has 1 aliphatic rings. The van der Waals surface area contributed by atoms with E-state index < -0.39 is 10.0 Å². The van der Waals surface area contributed by atoms with Crippen LogP contribution in [0.1, 0.15) is 9.75 Å². The number of aryl methyl sites for hydroxylation is 2. The summed E-state index contributed by atoms with van der Waals surface area (Å²) in [6.07, 6.45) is 0. The van der Waals surface area contributed by atoms with Gasteiger partial charge in [-0.05, 0) is 19.9 Å². The summed E-state index contributed by atoms with van der Waals surface area (Å²) in [7, 11) is -3.35. The molecular formula is C12H23Cl2N3O2S2. The molecule has 1 aliphatic heterocycles. The Morgan fingerprint density at radius 2 is 1.90 bits per heavy atom. The molecule has 0 amide bonds. The van der Waals surface area contributed by atoms with Gasteiger partial charge in [0.25, 0.3) is 0 Å². The van der Waals surface area contributed by atoms with Crippen molar-refractivity contribution in [3.05, 3.63) is 15.8 Å². The highest BCUT2D eigenvalue weighted by Crippen LogP contribution is 2.24. The summed E-state index contributed by atoms with van der Waals surface area (Å²) in [5.74, 6) is 0. The molecule has 0 bridgehead atoms. The van der Waals surface area contributed by atoms with Crippen LogP contribution in [0.25, 0.3) is 0 Å². The van der Waals surface area contributed by atoms with Crippen LogP contribution in [0.5, 0.6) is 0 Å². The summed E-state index contributed by atoms with van der Waals surface area (Å²) in [6, 6.07) is 1.74. The normalized spacial score (nSPS) is 16.1. The van der Waals surface area contributed by atoms with Gasteiger partial charge in [-0.25, -0.2) is 13.1 Å². The molecule has 21 heavy (non-hydrogen) atoms. The molecule has 2 heterocycles. The second-order valence-electron chi connectivity index (χ2n) is 4.77. The summed E-state index contributed by atoms with van der Waals surface area (Å²) in [5, 5.41) is 3.28. The van der Waals surface area contributed by atoms with Gasteiger partial charge in [0, 0.05) is 49.0 Å². The first kappa shape index (κ1) is 21.1. The number of hydrogen-bond donors (Lipinski definition) is 2. The number of sulfonamides is 1. The van der Waals surface area contributed by atoms with E-state index in [1.54, 1.807) is 6.07 Å². The quantitative estimate of drug-likeness (QED) is 0.816. The minimum atomic E-state index is -3.35. The van der Waals surface area contributed by atoms with Gasteiger partial charge in [0.2, 0.25) is 10.0 Å². The van der Waals surface area contributed by atoms with E-state index >= 15 is 0 Å². The minimum Gasteiger partial charge on any atom is -0.314 e. The molecule has 0 saturated carbocycles. The van der Waals surface area contributed by atoms with Crippen molar-refractivity contribution in [2.45, 2.75) is 18.7 Å². The molecule has 0 unspecified atom stereocenters. The van der Waals surface area contributed by atoms with E-state index in [9.17, 15) is 8.42 Å². The summed E-state index contributed by atoms with van der Waals surface area (Å²) in [6.45, 7) is 8.95. The molecule has 9 heteroatoms. The van der Waals surface area contributed by atoms with Crippen molar-refractivity contribution in [3.8, 4) is 0 Å². The van der Waals surface area contributed by atoms with Gasteiger partial charge in [-0.3, -0.25) is 4.90 Å². The summed E-state index contributed by atoms with van der Waals surface area (Å²) >= 11 is 1.52. The van der Waals surface area contributed by atoms with Crippen molar-refractivity contribution < 1.29 is 8.42 Å². The Kier molecular flexibility index (Phi) is 9.34. The maximum atomic E-state index is 12.2. The van der Waals surface area contributed by atoms with Crippen molar-refractivity contribution >= 4 is 46.2 Å². The molecule has 1 aromatic rings. The highest BCUT2D eigenvalue weighted by atomic mass is 35.5. The Hall–Kier alpha value is 0.110. The second-order valence-corrected chi connectivity index (χ2v) is 7.96. The zero-order valence-electron chi connectivity index (χ0n) is 12.2. The van der Waals surface area contributed by atoms with Crippen molar-refractivity contribution in [2.24, 2.45) is 0 Å². The Balaban J connectivity index is 0.00000200. The molecule has 124 valence electrons. The molecule has 2 N–H and O–H groups in total. The molecule has 5 nitrogen and oxygen atoms in total. The first-order valence-corrected chi connectivity index (χ1v) is 8.79. The molecule has 1 aromatic heterocycles. The predicted octanol–water partition coefficient (Wildman–Crippen LogP) is 1.39. The smallest absolute Gasteiger partial charge is 0.241 e. The zero-order valence-corrected chi connectivity index (χ0v) is 15.5. The molecule has 0 spiro atoms. The van der Waals surface area contributed by atoms with E-state index in [1.165, 1.54) is 11.3 Å². The van der Waals surface area contributed by atoms with Gasteiger partial charge in [0.1, 0.15) is 0 Å². The van der Waals surface area contributed by atoms with Crippen LogP contribution in [-0.2, 0) is 10.0 Å². The van der Waals surface area contributed by atoms with Crippen molar-refractivity contribution in [2.75, 3.05) is 39.3 Å². The lowest BCUT2D eigenvalue weighted by atomic mass is 10.3. The Bertz CT molecular complexity index is 529. The fourth-order valence-corrected chi connectivity index (χ4v) is 4.80. The van der Waals surface area contributed by atoms with E-state index in [0.29, 0.717) is 11.4 Å². The van der Waals surface area contributed by atoms with Gasteiger partial charge in [-0.1, -0.05) is 0 Å². The van der Waals surface area contributed by atoms with Gasteiger partial charge in [-0.2, -0.15) is 0 Å². The van der Waals surface area contributed by atoms with Crippen LogP contribution < -0.4 is 10.0 Å². The lowest BCUT2D eigenvalue weighted by molar-refractivity contribution is 0.245. The summed E-state index contributed by atoms with van der Waals surface area (Å²) in [5.41, 5.74) is 0. The minimum absolute atomic E-state index is 0. The topological polar surface area (TPSA) is 61.4 Å². The van der Waals surface area contributed by atoms with Gasteiger partial charge >= 0.3 is 0 Å². The lowest BCUT2D eigenvalue weighted by Crippen LogP contribution is -2.46. The number of nitrogens with zero attached hydrogens (tertiary/aromatic N) is 1. The third kappa shape index (κ3) is 6.02.